The molecule has 2 N–H and O–H groups in total. The smallest absolute Gasteiger partial charge is 0.310 e. The average molecular weight is 266 g/mol. The molecule has 104 valence electrons. The van der Waals surface area contributed by atoms with E-state index in [1.54, 1.807) is 17.2 Å². The number of rotatable bonds is 3. The molecule has 7 nitrogen and oxygen atoms in total. The van der Waals surface area contributed by atoms with E-state index in [1.807, 2.05) is 0 Å². The quantitative estimate of drug-likeness (QED) is 0.770. The minimum absolute atomic E-state index is 0.0586. The Morgan fingerprint density at radius 1 is 1.58 bits per heavy atom. The fourth-order valence-electron chi connectivity index (χ4n) is 2.27. The summed E-state index contributed by atoms with van der Waals surface area (Å²) >= 11 is 0. The predicted octanol–water partition coefficient (Wildman–Crippen LogP) is -0.123. The van der Waals surface area contributed by atoms with E-state index in [0.717, 1.165) is 12.8 Å². The lowest BCUT2D eigenvalue weighted by atomic mass is 9.98. The summed E-state index contributed by atoms with van der Waals surface area (Å²) in [6, 6.07) is 1.64. The van der Waals surface area contributed by atoms with E-state index < -0.39 is 0 Å². The number of esters is 1. The Hall–Kier alpha value is -2.05. The number of aromatic nitrogens is 2. The van der Waals surface area contributed by atoms with Crippen molar-refractivity contribution < 1.29 is 14.3 Å². The molecule has 0 spiro atoms. The van der Waals surface area contributed by atoms with Gasteiger partial charge in [-0.1, -0.05) is 0 Å². The van der Waals surface area contributed by atoms with Gasteiger partial charge in [-0.2, -0.15) is 5.10 Å². The summed E-state index contributed by atoms with van der Waals surface area (Å²) in [5.74, 6) is -0.137. The normalized spacial score (nSPS) is 19.2. The van der Waals surface area contributed by atoms with E-state index in [4.69, 9.17) is 10.5 Å². The first-order valence-electron chi connectivity index (χ1n) is 6.24. The average Bonchev–Trinajstić information content (AvgIpc) is 2.83. The second-order valence-corrected chi connectivity index (χ2v) is 4.64. The molecule has 1 amide bonds. The van der Waals surface area contributed by atoms with E-state index in [-0.39, 0.29) is 24.3 Å². The molecule has 0 radical (unpaired) electrons. The van der Waals surface area contributed by atoms with Crippen LogP contribution in [0.15, 0.2) is 12.3 Å². The van der Waals surface area contributed by atoms with Crippen LogP contribution >= 0.6 is 0 Å². The minimum Gasteiger partial charge on any atom is -0.469 e. The highest BCUT2D eigenvalue weighted by Gasteiger charge is 2.28. The van der Waals surface area contributed by atoms with Gasteiger partial charge in [0.05, 0.1) is 13.0 Å². The van der Waals surface area contributed by atoms with Crippen molar-refractivity contribution in [3.05, 3.63) is 12.3 Å². The number of hydrogen-bond acceptors (Lipinski definition) is 5. The summed E-state index contributed by atoms with van der Waals surface area (Å²) < 4.78 is 6.23. The topological polar surface area (TPSA) is 90.5 Å². The Labute approximate surface area is 111 Å². The summed E-state index contributed by atoms with van der Waals surface area (Å²) in [6.45, 7) is 1.23. The van der Waals surface area contributed by atoms with Crippen molar-refractivity contribution in [1.82, 2.24) is 14.7 Å². The molecule has 0 saturated carbocycles. The lowest BCUT2D eigenvalue weighted by Gasteiger charge is -2.31. The molecule has 0 aromatic carbocycles. The van der Waals surface area contributed by atoms with Crippen LogP contribution in [0, 0.1) is 5.92 Å². The summed E-state index contributed by atoms with van der Waals surface area (Å²) in [5.41, 5.74) is 5.49. The number of amides is 1. The Balaban J connectivity index is 1.93. The van der Waals surface area contributed by atoms with Crippen LogP contribution < -0.4 is 5.73 Å². The second kappa shape index (κ2) is 5.73. The van der Waals surface area contributed by atoms with Crippen LogP contribution in [0.25, 0.3) is 0 Å². The third-order valence-corrected chi connectivity index (χ3v) is 3.27. The van der Waals surface area contributed by atoms with Gasteiger partial charge in [-0.05, 0) is 18.9 Å². The summed E-state index contributed by atoms with van der Waals surface area (Å²) in [4.78, 5) is 25.3. The molecule has 1 atom stereocenters. The maximum atomic E-state index is 12.1. The van der Waals surface area contributed by atoms with Crippen LogP contribution in [0.5, 0.6) is 0 Å². The van der Waals surface area contributed by atoms with Gasteiger partial charge in [0, 0.05) is 19.3 Å². The molecular formula is C12H18N4O3. The number of methoxy groups -OCH3 is 1. The predicted molar refractivity (Wildman–Crippen MR) is 68.0 cm³/mol. The zero-order valence-corrected chi connectivity index (χ0v) is 10.9. The monoisotopic (exact) mass is 266 g/mol. The molecular weight excluding hydrogens is 248 g/mol. The van der Waals surface area contributed by atoms with Crippen LogP contribution in [-0.2, 0) is 20.9 Å². The number of carbonyl (C=O) groups excluding carboxylic acids is 2. The Bertz CT molecular complexity index is 471. The Morgan fingerprint density at radius 3 is 3.00 bits per heavy atom. The first kappa shape index (κ1) is 13.4. The first-order valence-corrected chi connectivity index (χ1v) is 6.24. The van der Waals surface area contributed by atoms with Gasteiger partial charge in [-0.15, -0.1) is 0 Å². The van der Waals surface area contributed by atoms with Crippen molar-refractivity contribution in [3.63, 3.8) is 0 Å². The first-order chi connectivity index (χ1) is 9.10. The number of nitrogens with zero attached hydrogens (tertiary/aromatic N) is 3. The van der Waals surface area contributed by atoms with E-state index >= 15 is 0 Å². The lowest BCUT2D eigenvalue weighted by Crippen LogP contribution is -2.44. The molecule has 7 heteroatoms. The van der Waals surface area contributed by atoms with Gasteiger partial charge in [0.2, 0.25) is 5.91 Å². The summed E-state index contributed by atoms with van der Waals surface area (Å²) in [6.07, 6.45) is 3.24. The number of hydrogen-bond donors (Lipinski definition) is 1. The fraction of sp³-hybridized carbons (Fsp3) is 0.583. The molecule has 19 heavy (non-hydrogen) atoms. The highest BCUT2D eigenvalue weighted by atomic mass is 16.5. The van der Waals surface area contributed by atoms with E-state index in [1.165, 1.54) is 11.8 Å². The molecule has 0 aliphatic carbocycles. The number of nitrogen functional groups attached to an aromatic ring is 1. The van der Waals surface area contributed by atoms with Gasteiger partial charge in [0.1, 0.15) is 12.4 Å². The van der Waals surface area contributed by atoms with Gasteiger partial charge in [0.25, 0.3) is 0 Å². The standard InChI is InChI=1S/C12H18N4O3/c1-19-12(18)9-3-2-5-15(7-9)11(17)8-16-6-4-10(13)14-16/h4,6,9H,2-3,5,7-8H2,1H3,(H2,13,14). The number of piperidine rings is 1. The lowest BCUT2D eigenvalue weighted by molar-refractivity contribution is -0.149. The molecule has 1 saturated heterocycles. The number of anilines is 1. The Kier molecular flexibility index (Phi) is 4.03. The number of carbonyl (C=O) groups is 2. The third-order valence-electron chi connectivity index (χ3n) is 3.27. The minimum atomic E-state index is -0.249. The van der Waals surface area contributed by atoms with Gasteiger partial charge < -0.3 is 15.4 Å². The van der Waals surface area contributed by atoms with E-state index in [2.05, 4.69) is 5.10 Å². The van der Waals surface area contributed by atoms with Crippen LogP contribution in [0.1, 0.15) is 12.8 Å². The number of ether oxygens (including phenoxy) is 1. The highest BCUT2D eigenvalue weighted by Crippen LogP contribution is 2.18. The molecule has 1 aliphatic rings. The summed E-state index contributed by atoms with van der Waals surface area (Å²) in [5, 5.41) is 3.97. The SMILES string of the molecule is COC(=O)C1CCCN(C(=O)Cn2ccc(N)n2)C1. The van der Waals surface area contributed by atoms with E-state index in [0.29, 0.717) is 18.9 Å². The summed E-state index contributed by atoms with van der Waals surface area (Å²) in [7, 11) is 1.37. The van der Waals surface area contributed by atoms with Crippen molar-refractivity contribution in [2.75, 3.05) is 25.9 Å². The van der Waals surface area contributed by atoms with Crippen molar-refractivity contribution in [3.8, 4) is 0 Å². The highest BCUT2D eigenvalue weighted by molar-refractivity contribution is 5.78. The zero-order valence-electron chi connectivity index (χ0n) is 10.9. The van der Waals surface area contributed by atoms with Gasteiger partial charge >= 0.3 is 5.97 Å². The molecule has 2 rings (SSSR count). The van der Waals surface area contributed by atoms with Gasteiger partial charge in [-0.3, -0.25) is 14.3 Å². The molecule has 1 unspecified atom stereocenters. The van der Waals surface area contributed by atoms with E-state index in [9.17, 15) is 9.59 Å². The van der Waals surface area contributed by atoms with Crippen molar-refractivity contribution in [1.29, 1.82) is 0 Å². The van der Waals surface area contributed by atoms with Crippen molar-refractivity contribution in [2.24, 2.45) is 5.92 Å². The van der Waals surface area contributed by atoms with Gasteiger partial charge in [-0.25, -0.2) is 0 Å². The van der Waals surface area contributed by atoms with Crippen molar-refractivity contribution >= 4 is 17.7 Å². The third kappa shape index (κ3) is 3.24. The fourth-order valence-corrected chi connectivity index (χ4v) is 2.27. The van der Waals surface area contributed by atoms with Crippen LogP contribution in [0.3, 0.4) is 0 Å². The van der Waals surface area contributed by atoms with Gasteiger partial charge in [0.15, 0.2) is 0 Å². The zero-order chi connectivity index (χ0) is 13.8. The Morgan fingerprint density at radius 2 is 2.37 bits per heavy atom. The van der Waals surface area contributed by atoms with Crippen LogP contribution in [0.4, 0.5) is 5.82 Å². The second-order valence-electron chi connectivity index (χ2n) is 4.64. The molecule has 1 fully saturated rings. The van der Waals surface area contributed by atoms with Crippen LogP contribution in [0.2, 0.25) is 0 Å². The number of likely N-dealkylation sites (tertiary alicyclic amines) is 1. The maximum absolute atomic E-state index is 12.1. The van der Waals surface area contributed by atoms with Crippen LogP contribution in [-0.4, -0.2) is 46.8 Å². The number of nitrogens with two attached hydrogens (primary N) is 1. The van der Waals surface area contributed by atoms with Crippen molar-refractivity contribution in [2.45, 2.75) is 19.4 Å². The molecule has 0 bridgehead atoms. The molecule has 1 aliphatic heterocycles. The maximum Gasteiger partial charge on any atom is 0.310 e. The largest absolute Gasteiger partial charge is 0.469 e. The molecule has 1 aromatic rings. The molecule has 1 aromatic heterocycles. The molecule has 2 heterocycles.